The highest BCUT2D eigenvalue weighted by Crippen LogP contribution is 2.07. The average Bonchev–Trinajstić information content (AvgIpc) is 2.60. The molecule has 0 aliphatic carbocycles. The first kappa shape index (κ1) is 16.6. The molecule has 5 nitrogen and oxygen atoms in total. The maximum absolute atomic E-state index is 11.6. The number of benzene rings is 2. The Morgan fingerprint density at radius 3 is 2.61 bits per heavy atom. The molecule has 2 aromatic carbocycles. The van der Waals surface area contributed by atoms with Crippen molar-refractivity contribution in [3.05, 3.63) is 71.3 Å². The molecule has 0 saturated heterocycles. The van der Waals surface area contributed by atoms with Gasteiger partial charge in [0.25, 0.3) is 0 Å². The maximum Gasteiger partial charge on any atom is 0.338 e. The lowest BCUT2D eigenvalue weighted by atomic mass is 10.1. The van der Waals surface area contributed by atoms with E-state index in [0.717, 1.165) is 5.56 Å². The first-order valence-corrected chi connectivity index (χ1v) is 7.39. The molecule has 0 fully saturated rings. The molecule has 0 amide bonds. The lowest BCUT2D eigenvalue weighted by Crippen LogP contribution is -2.31. The second-order valence-electron chi connectivity index (χ2n) is 4.62. The van der Waals surface area contributed by atoms with Crippen LogP contribution in [-0.4, -0.2) is 24.4 Å². The van der Waals surface area contributed by atoms with Crippen LogP contribution in [0, 0.1) is 0 Å². The molecule has 0 radical (unpaired) electrons. The van der Waals surface area contributed by atoms with Crippen molar-refractivity contribution in [2.75, 3.05) is 7.11 Å². The van der Waals surface area contributed by atoms with Crippen LogP contribution in [-0.2, 0) is 11.3 Å². The summed E-state index contributed by atoms with van der Waals surface area (Å²) in [4.78, 5) is 11.6. The van der Waals surface area contributed by atoms with E-state index in [1.54, 1.807) is 18.2 Å². The summed E-state index contributed by atoms with van der Waals surface area (Å²) in [6, 6.07) is 16.9. The topological polar surface area (TPSA) is 62.7 Å². The Labute approximate surface area is 140 Å². The van der Waals surface area contributed by atoms with Gasteiger partial charge in [-0.25, -0.2) is 4.79 Å². The van der Waals surface area contributed by atoms with Gasteiger partial charge < -0.3 is 10.1 Å². The fourth-order valence-electron chi connectivity index (χ4n) is 1.88. The van der Waals surface area contributed by atoms with Gasteiger partial charge in [-0.2, -0.15) is 5.10 Å². The van der Waals surface area contributed by atoms with Crippen LogP contribution >= 0.6 is 12.2 Å². The van der Waals surface area contributed by atoms with E-state index in [1.165, 1.54) is 13.3 Å². The Balaban J connectivity index is 1.89. The van der Waals surface area contributed by atoms with Crippen LogP contribution in [0.25, 0.3) is 0 Å². The van der Waals surface area contributed by atoms with Gasteiger partial charge in [0.2, 0.25) is 0 Å². The number of carbonyl (C=O) groups is 1. The Kier molecular flexibility index (Phi) is 6.26. The molecule has 0 bridgehead atoms. The van der Waals surface area contributed by atoms with Gasteiger partial charge >= 0.3 is 5.97 Å². The number of nitrogens with one attached hydrogen (secondary N) is 2. The molecule has 0 heterocycles. The van der Waals surface area contributed by atoms with E-state index in [0.29, 0.717) is 22.8 Å². The minimum Gasteiger partial charge on any atom is -0.465 e. The number of ether oxygens (including phenoxy) is 1. The minimum atomic E-state index is -0.406. The molecule has 2 aromatic rings. The fourth-order valence-corrected chi connectivity index (χ4v) is 2.01. The molecule has 118 valence electrons. The minimum absolute atomic E-state index is 0.403. The van der Waals surface area contributed by atoms with Crippen LogP contribution in [0.4, 0.5) is 0 Å². The number of rotatable bonds is 5. The van der Waals surface area contributed by atoms with Crippen molar-refractivity contribution in [3.63, 3.8) is 0 Å². The highest BCUT2D eigenvalue weighted by molar-refractivity contribution is 7.80. The lowest BCUT2D eigenvalue weighted by molar-refractivity contribution is 0.0600. The van der Waals surface area contributed by atoms with E-state index in [9.17, 15) is 4.79 Å². The number of thiocarbonyl (C=S) groups is 1. The monoisotopic (exact) mass is 327 g/mol. The lowest BCUT2D eigenvalue weighted by Gasteiger charge is -2.07. The van der Waals surface area contributed by atoms with Crippen molar-refractivity contribution >= 4 is 29.5 Å². The normalized spacial score (nSPS) is 10.3. The first-order chi connectivity index (χ1) is 11.2. The maximum atomic E-state index is 11.6. The number of carbonyl (C=O) groups excluding carboxylic acids is 1. The van der Waals surface area contributed by atoms with Crippen molar-refractivity contribution in [2.24, 2.45) is 5.10 Å². The van der Waals surface area contributed by atoms with E-state index in [1.807, 2.05) is 36.4 Å². The largest absolute Gasteiger partial charge is 0.465 e. The van der Waals surface area contributed by atoms with Crippen LogP contribution in [0.1, 0.15) is 21.5 Å². The number of hydrogen-bond acceptors (Lipinski definition) is 4. The van der Waals surface area contributed by atoms with Gasteiger partial charge in [-0.3, -0.25) is 5.43 Å². The van der Waals surface area contributed by atoms with Crippen molar-refractivity contribution in [1.29, 1.82) is 0 Å². The Hall–Kier alpha value is -2.73. The Bertz CT molecular complexity index is 702. The van der Waals surface area contributed by atoms with Gasteiger partial charge in [0.1, 0.15) is 0 Å². The SMILES string of the molecule is COC(=O)c1ccccc1/C=N\NC(=S)NCc1ccccc1. The molecule has 0 aliphatic heterocycles. The molecule has 2 N–H and O–H groups in total. The third-order valence-corrected chi connectivity index (χ3v) is 3.27. The third kappa shape index (κ3) is 5.19. The molecule has 0 saturated carbocycles. The summed E-state index contributed by atoms with van der Waals surface area (Å²) >= 11 is 5.15. The van der Waals surface area contributed by atoms with Gasteiger partial charge in [-0.05, 0) is 23.8 Å². The van der Waals surface area contributed by atoms with Crippen molar-refractivity contribution in [1.82, 2.24) is 10.7 Å². The zero-order valence-electron chi connectivity index (χ0n) is 12.7. The molecule has 0 unspecified atom stereocenters. The zero-order chi connectivity index (χ0) is 16.5. The molecule has 0 spiro atoms. The number of nitrogens with zero attached hydrogens (tertiary/aromatic N) is 1. The summed E-state index contributed by atoms with van der Waals surface area (Å²) in [6.45, 7) is 0.612. The summed E-state index contributed by atoms with van der Waals surface area (Å²) < 4.78 is 4.73. The van der Waals surface area contributed by atoms with E-state index >= 15 is 0 Å². The fraction of sp³-hybridized carbons (Fsp3) is 0.118. The highest BCUT2D eigenvalue weighted by atomic mass is 32.1. The van der Waals surface area contributed by atoms with E-state index in [2.05, 4.69) is 15.8 Å². The van der Waals surface area contributed by atoms with Gasteiger partial charge in [0.15, 0.2) is 5.11 Å². The molecule has 0 aromatic heterocycles. The summed E-state index contributed by atoms with van der Waals surface area (Å²) in [5, 5.41) is 7.50. The number of hydrazone groups is 1. The first-order valence-electron chi connectivity index (χ1n) is 6.99. The third-order valence-electron chi connectivity index (χ3n) is 3.03. The number of methoxy groups -OCH3 is 1. The van der Waals surface area contributed by atoms with Gasteiger partial charge in [-0.1, -0.05) is 48.5 Å². The van der Waals surface area contributed by atoms with Crippen LogP contribution in [0.5, 0.6) is 0 Å². The van der Waals surface area contributed by atoms with Crippen LogP contribution in [0.15, 0.2) is 59.7 Å². The van der Waals surface area contributed by atoms with Gasteiger partial charge in [0, 0.05) is 12.1 Å². The Morgan fingerprint density at radius 1 is 1.17 bits per heavy atom. The predicted octanol–water partition coefficient (Wildman–Crippen LogP) is 2.47. The van der Waals surface area contributed by atoms with E-state index in [4.69, 9.17) is 17.0 Å². The zero-order valence-corrected chi connectivity index (χ0v) is 13.5. The van der Waals surface area contributed by atoms with Crippen molar-refractivity contribution in [2.45, 2.75) is 6.54 Å². The second kappa shape index (κ2) is 8.65. The predicted molar refractivity (Wildman–Crippen MR) is 94.4 cm³/mol. The highest BCUT2D eigenvalue weighted by Gasteiger charge is 2.08. The summed E-state index contributed by atoms with van der Waals surface area (Å²) in [5.41, 5.74) is 4.94. The van der Waals surface area contributed by atoms with Crippen LogP contribution in [0.2, 0.25) is 0 Å². The molecular weight excluding hydrogens is 310 g/mol. The molecule has 23 heavy (non-hydrogen) atoms. The van der Waals surface area contributed by atoms with E-state index in [-0.39, 0.29) is 0 Å². The quantitative estimate of drug-likeness (QED) is 0.382. The molecule has 6 heteroatoms. The molecule has 0 aliphatic rings. The van der Waals surface area contributed by atoms with Crippen molar-refractivity contribution < 1.29 is 9.53 Å². The van der Waals surface area contributed by atoms with Crippen molar-refractivity contribution in [3.8, 4) is 0 Å². The second-order valence-corrected chi connectivity index (χ2v) is 5.03. The molecule has 0 atom stereocenters. The van der Waals surface area contributed by atoms with Crippen LogP contribution < -0.4 is 10.7 Å². The van der Waals surface area contributed by atoms with Crippen LogP contribution in [0.3, 0.4) is 0 Å². The molecular formula is C17H17N3O2S. The average molecular weight is 327 g/mol. The summed E-state index contributed by atoms with van der Waals surface area (Å²) in [5.74, 6) is -0.406. The summed E-state index contributed by atoms with van der Waals surface area (Å²) in [6.07, 6.45) is 1.53. The smallest absolute Gasteiger partial charge is 0.338 e. The summed E-state index contributed by atoms with van der Waals surface area (Å²) in [7, 11) is 1.34. The number of esters is 1. The van der Waals surface area contributed by atoms with E-state index < -0.39 is 5.97 Å². The number of hydrogen-bond donors (Lipinski definition) is 2. The standard InChI is InChI=1S/C17H17N3O2S/c1-22-16(21)15-10-6-5-9-14(15)12-19-20-17(23)18-11-13-7-3-2-4-8-13/h2-10,12H,11H2,1H3,(H2,18,20,23)/b19-12-. The molecule has 2 rings (SSSR count). The Morgan fingerprint density at radius 2 is 1.87 bits per heavy atom. The van der Waals surface area contributed by atoms with Gasteiger partial charge in [-0.15, -0.1) is 0 Å². The van der Waals surface area contributed by atoms with Gasteiger partial charge in [0.05, 0.1) is 18.9 Å².